The number of pyridine rings is 1. The van der Waals surface area contributed by atoms with Crippen molar-refractivity contribution >= 4 is 29.1 Å². The van der Waals surface area contributed by atoms with Gasteiger partial charge < -0.3 is 5.73 Å². The van der Waals surface area contributed by atoms with Crippen LogP contribution in [0.4, 0.5) is 5.69 Å². The largest absolute Gasteiger partial charge is 0.397 e. The Labute approximate surface area is 102 Å². The normalized spacial score (nSPS) is 10.4. The molecule has 4 nitrogen and oxygen atoms in total. The van der Waals surface area contributed by atoms with Crippen LogP contribution >= 0.6 is 23.4 Å². The average molecular weight is 253 g/mol. The summed E-state index contributed by atoms with van der Waals surface area (Å²) in [7, 11) is 0. The molecule has 2 aromatic heterocycles. The van der Waals surface area contributed by atoms with Crippen LogP contribution in [0.25, 0.3) is 0 Å². The molecular formula is C10H9ClN4S. The Balaban J connectivity index is 2.26. The number of hydrogen-bond acceptors (Lipinski definition) is 5. The first kappa shape index (κ1) is 11.2. The van der Waals surface area contributed by atoms with Gasteiger partial charge in [0, 0.05) is 12.4 Å². The number of aryl methyl sites for hydroxylation is 1. The van der Waals surface area contributed by atoms with Crippen LogP contribution in [0.3, 0.4) is 0 Å². The van der Waals surface area contributed by atoms with Crippen LogP contribution in [0.15, 0.2) is 34.7 Å². The summed E-state index contributed by atoms with van der Waals surface area (Å²) in [6, 6.07) is 3.36. The molecule has 0 aliphatic rings. The van der Waals surface area contributed by atoms with Crippen LogP contribution in [-0.4, -0.2) is 15.0 Å². The van der Waals surface area contributed by atoms with E-state index in [1.165, 1.54) is 11.8 Å². The van der Waals surface area contributed by atoms with Crippen molar-refractivity contribution in [1.82, 2.24) is 15.0 Å². The van der Waals surface area contributed by atoms with Crippen LogP contribution in [0.5, 0.6) is 0 Å². The summed E-state index contributed by atoms with van der Waals surface area (Å²) < 4.78 is 0. The minimum absolute atomic E-state index is 0.406. The quantitative estimate of drug-likeness (QED) is 0.657. The number of anilines is 1. The maximum Gasteiger partial charge on any atom is 0.193 e. The minimum Gasteiger partial charge on any atom is -0.397 e. The lowest BCUT2D eigenvalue weighted by Gasteiger charge is -2.03. The van der Waals surface area contributed by atoms with Gasteiger partial charge >= 0.3 is 0 Å². The number of aromatic nitrogens is 3. The molecule has 0 fully saturated rings. The van der Waals surface area contributed by atoms with Crippen LogP contribution in [0, 0.1) is 6.92 Å². The van der Waals surface area contributed by atoms with Crippen LogP contribution in [0.1, 0.15) is 5.56 Å². The van der Waals surface area contributed by atoms with Crippen molar-refractivity contribution in [3.8, 4) is 0 Å². The Kier molecular flexibility index (Phi) is 3.26. The molecular weight excluding hydrogens is 244 g/mol. The number of nitrogens with zero attached hydrogens (tertiary/aromatic N) is 3. The number of nitrogen functional groups attached to an aromatic ring is 1. The predicted octanol–water partition coefficient (Wildman–Crippen LogP) is 2.57. The van der Waals surface area contributed by atoms with E-state index in [9.17, 15) is 0 Å². The van der Waals surface area contributed by atoms with Gasteiger partial charge in [0.2, 0.25) is 0 Å². The van der Waals surface area contributed by atoms with Crippen LogP contribution in [-0.2, 0) is 0 Å². The predicted molar refractivity (Wildman–Crippen MR) is 64.6 cm³/mol. The summed E-state index contributed by atoms with van der Waals surface area (Å²) in [6.45, 7) is 1.93. The summed E-state index contributed by atoms with van der Waals surface area (Å²) in [5.41, 5.74) is 7.35. The van der Waals surface area contributed by atoms with Gasteiger partial charge in [0.15, 0.2) is 5.16 Å². The zero-order chi connectivity index (χ0) is 11.5. The Morgan fingerprint density at radius 2 is 1.94 bits per heavy atom. The zero-order valence-corrected chi connectivity index (χ0v) is 10.1. The summed E-state index contributed by atoms with van der Waals surface area (Å²) in [5, 5.41) is 1.63. The molecule has 82 valence electrons. The van der Waals surface area contributed by atoms with Gasteiger partial charge in [0.1, 0.15) is 10.2 Å². The van der Waals surface area contributed by atoms with Crippen LogP contribution in [0.2, 0.25) is 5.15 Å². The van der Waals surface area contributed by atoms with Gasteiger partial charge in [-0.15, -0.1) is 0 Å². The SMILES string of the molecule is Cc1cnc(Sc2nc(Cl)ccc2N)nc1. The van der Waals surface area contributed by atoms with Gasteiger partial charge in [0.05, 0.1) is 5.69 Å². The molecule has 2 N–H and O–H groups in total. The zero-order valence-electron chi connectivity index (χ0n) is 8.51. The van der Waals surface area contributed by atoms with E-state index >= 15 is 0 Å². The monoisotopic (exact) mass is 252 g/mol. The molecule has 2 heterocycles. The van der Waals surface area contributed by atoms with E-state index in [1.807, 2.05) is 6.92 Å². The summed E-state index contributed by atoms with van der Waals surface area (Å²) in [6.07, 6.45) is 3.49. The Hall–Kier alpha value is -1.33. The van der Waals surface area contributed by atoms with Gasteiger partial charge in [0.25, 0.3) is 0 Å². The molecule has 0 saturated heterocycles. The highest BCUT2D eigenvalue weighted by Gasteiger charge is 2.06. The maximum atomic E-state index is 5.79. The molecule has 0 aromatic carbocycles. The molecule has 6 heteroatoms. The van der Waals surface area contributed by atoms with Gasteiger partial charge in [-0.25, -0.2) is 15.0 Å². The van der Waals surface area contributed by atoms with Crippen molar-refractivity contribution in [3.05, 3.63) is 35.2 Å². The fourth-order valence-electron chi connectivity index (χ4n) is 1.03. The van der Waals surface area contributed by atoms with Gasteiger partial charge in [-0.1, -0.05) is 11.6 Å². The van der Waals surface area contributed by atoms with Gasteiger partial charge in [-0.05, 0) is 36.4 Å². The molecule has 0 saturated carbocycles. The second-order valence-corrected chi connectivity index (χ2v) is 4.52. The van der Waals surface area contributed by atoms with Crippen molar-refractivity contribution in [2.75, 3.05) is 5.73 Å². The van der Waals surface area contributed by atoms with E-state index in [0.29, 0.717) is 21.0 Å². The first-order valence-corrected chi connectivity index (χ1v) is 5.73. The highest BCUT2D eigenvalue weighted by atomic mass is 35.5. The Bertz CT molecular complexity index is 501. The number of hydrogen-bond donors (Lipinski definition) is 1. The number of rotatable bonds is 2. The molecule has 2 rings (SSSR count). The van der Waals surface area contributed by atoms with E-state index in [2.05, 4.69) is 15.0 Å². The van der Waals surface area contributed by atoms with Gasteiger partial charge in [-0.2, -0.15) is 0 Å². The molecule has 0 radical (unpaired) electrons. The van der Waals surface area contributed by atoms with Crippen molar-refractivity contribution in [2.45, 2.75) is 17.1 Å². The number of halogens is 1. The standard InChI is InChI=1S/C10H9ClN4S/c1-6-4-13-10(14-5-6)16-9-7(12)2-3-8(11)15-9/h2-5H,12H2,1H3. The lowest BCUT2D eigenvalue weighted by molar-refractivity contribution is 0.945. The smallest absolute Gasteiger partial charge is 0.193 e. The third-order valence-electron chi connectivity index (χ3n) is 1.80. The van der Waals surface area contributed by atoms with E-state index in [1.54, 1.807) is 24.5 Å². The lowest BCUT2D eigenvalue weighted by Crippen LogP contribution is -1.93. The molecule has 0 atom stereocenters. The molecule has 0 aliphatic heterocycles. The fourth-order valence-corrected chi connectivity index (χ4v) is 1.94. The lowest BCUT2D eigenvalue weighted by atomic mass is 10.4. The van der Waals surface area contributed by atoms with E-state index in [0.717, 1.165) is 5.56 Å². The average Bonchev–Trinajstić information content (AvgIpc) is 2.27. The Morgan fingerprint density at radius 1 is 1.25 bits per heavy atom. The van der Waals surface area contributed by atoms with Crippen molar-refractivity contribution in [3.63, 3.8) is 0 Å². The molecule has 0 amide bonds. The topological polar surface area (TPSA) is 64.7 Å². The first-order valence-electron chi connectivity index (χ1n) is 4.53. The molecule has 0 unspecified atom stereocenters. The summed E-state index contributed by atoms with van der Waals surface area (Å²) in [5.74, 6) is 0. The molecule has 2 aromatic rings. The van der Waals surface area contributed by atoms with Crippen molar-refractivity contribution < 1.29 is 0 Å². The number of nitrogens with two attached hydrogens (primary N) is 1. The van der Waals surface area contributed by atoms with E-state index in [-0.39, 0.29) is 0 Å². The van der Waals surface area contributed by atoms with E-state index in [4.69, 9.17) is 17.3 Å². The molecule has 0 bridgehead atoms. The van der Waals surface area contributed by atoms with Crippen molar-refractivity contribution in [1.29, 1.82) is 0 Å². The second-order valence-electron chi connectivity index (χ2n) is 3.17. The summed E-state index contributed by atoms with van der Waals surface area (Å²) in [4.78, 5) is 12.4. The minimum atomic E-state index is 0.406. The Morgan fingerprint density at radius 3 is 2.62 bits per heavy atom. The first-order chi connectivity index (χ1) is 7.65. The van der Waals surface area contributed by atoms with E-state index < -0.39 is 0 Å². The highest BCUT2D eigenvalue weighted by Crippen LogP contribution is 2.28. The molecule has 0 spiro atoms. The third-order valence-corrected chi connectivity index (χ3v) is 2.93. The van der Waals surface area contributed by atoms with Crippen molar-refractivity contribution in [2.24, 2.45) is 0 Å². The van der Waals surface area contributed by atoms with Gasteiger partial charge in [-0.3, -0.25) is 0 Å². The maximum absolute atomic E-state index is 5.79. The molecule has 16 heavy (non-hydrogen) atoms. The molecule has 0 aliphatic carbocycles. The highest BCUT2D eigenvalue weighted by molar-refractivity contribution is 7.99. The summed E-state index contributed by atoms with van der Waals surface area (Å²) >= 11 is 7.08. The second kappa shape index (κ2) is 4.67. The fraction of sp³-hybridized carbons (Fsp3) is 0.100. The third kappa shape index (κ3) is 2.62. The van der Waals surface area contributed by atoms with Crippen LogP contribution < -0.4 is 5.73 Å².